The van der Waals surface area contributed by atoms with E-state index in [0.717, 1.165) is 61.8 Å². The first-order chi connectivity index (χ1) is 21.3. The van der Waals surface area contributed by atoms with Gasteiger partial charge in [-0.1, -0.05) is 66.2 Å². The first kappa shape index (κ1) is 31.9. The molecule has 0 radical (unpaired) electrons. The highest BCUT2D eigenvalue weighted by Crippen LogP contribution is 2.43. The maximum Gasteiger partial charge on any atom is 0.225 e. The maximum absolute atomic E-state index is 16.7. The Morgan fingerprint density at radius 2 is 1.98 bits per heavy atom. The van der Waals surface area contributed by atoms with E-state index in [2.05, 4.69) is 30.8 Å². The average Bonchev–Trinajstić information content (AvgIpc) is 3.66. The summed E-state index contributed by atoms with van der Waals surface area (Å²) >= 11 is 13.7. The van der Waals surface area contributed by atoms with E-state index in [1.165, 1.54) is 6.92 Å². The monoisotopic (exact) mass is 634 g/mol. The molecule has 2 fully saturated rings. The lowest BCUT2D eigenvalue weighted by molar-refractivity contribution is 0.119. The van der Waals surface area contributed by atoms with Gasteiger partial charge in [0.15, 0.2) is 5.82 Å². The van der Waals surface area contributed by atoms with Gasteiger partial charge >= 0.3 is 0 Å². The molecule has 2 saturated heterocycles. The molecular weight excluding hydrogens is 598 g/mol. The molecule has 1 N–H and O–H groups in total. The molecular formula is C34H37Cl2FN6O. The van der Waals surface area contributed by atoms with Gasteiger partial charge in [-0.05, 0) is 70.9 Å². The molecule has 0 saturated carbocycles. The summed E-state index contributed by atoms with van der Waals surface area (Å²) in [6.07, 6.45) is 11.0. The van der Waals surface area contributed by atoms with E-state index in [9.17, 15) is 0 Å². The van der Waals surface area contributed by atoms with Crippen molar-refractivity contribution in [2.24, 2.45) is 0 Å². The van der Waals surface area contributed by atoms with Crippen LogP contribution < -0.4 is 10.1 Å². The van der Waals surface area contributed by atoms with Crippen LogP contribution in [-0.4, -0.2) is 58.5 Å². The lowest BCUT2D eigenvalue weighted by Crippen LogP contribution is -2.38. The van der Waals surface area contributed by atoms with Gasteiger partial charge in [-0.3, -0.25) is 9.58 Å². The number of likely N-dealkylation sites (N-methyl/N-ethyl adjacent to an activating group) is 1. The van der Waals surface area contributed by atoms with Crippen LogP contribution in [0.15, 0.2) is 49.2 Å². The number of likely N-dealkylation sites (tertiary alicyclic amines) is 1. The summed E-state index contributed by atoms with van der Waals surface area (Å²) < 4.78 is 25.3. The van der Waals surface area contributed by atoms with Crippen molar-refractivity contribution in [3.63, 3.8) is 0 Å². The van der Waals surface area contributed by atoms with Crippen LogP contribution in [0.2, 0.25) is 10.0 Å². The van der Waals surface area contributed by atoms with E-state index in [-0.39, 0.29) is 34.3 Å². The van der Waals surface area contributed by atoms with Gasteiger partial charge in [0, 0.05) is 29.5 Å². The van der Waals surface area contributed by atoms with Gasteiger partial charge in [0.05, 0.1) is 39.3 Å². The summed E-state index contributed by atoms with van der Waals surface area (Å²) in [5.41, 5.74) is 2.44. The number of rotatable bonds is 7. The number of halogens is 3. The molecule has 6 rings (SSSR count). The number of nitriles is 1. The van der Waals surface area contributed by atoms with Gasteiger partial charge in [0.1, 0.15) is 11.6 Å². The Morgan fingerprint density at radius 1 is 1.23 bits per heavy atom. The zero-order valence-electron chi connectivity index (χ0n) is 25.3. The number of hydrogen-bond acceptors (Lipinski definition) is 6. The molecule has 2 atom stereocenters. The summed E-state index contributed by atoms with van der Waals surface area (Å²) in [6, 6.07) is 9.46. The molecule has 2 aliphatic rings. The Hall–Kier alpha value is -3.48. The maximum atomic E-state index is 16.7. The summed E-state index contributed by atoms with van der Waals surface area (Å²) in [6.45, 7) is 10.1. The van der Waals surface area contributed by atoms with E-state index in [1.807, 2.05) is 22.9 Å². The number of benzene rings is 2. The second-order valence-corrected chi connectivity index (χ2v) is 12.0. The number of nitrogens with one attached hydrogen (secondary N) is 1. The smallest absolute Gasteiger partial charge is 0.225 e. The van der Waals surface area contributed by atoms with Crippen molar-refractivity contribution in [2.75, 3.05) is 26.7 Å². The van der Waals surface area contributed by atoms with E-state index in [1.54, 1.807) is 36.6 Å². The average molecular weight is 636 g/mol. The molecule has 4 aromatic rings. The topological polar surface area (TPSA) is 79.0 Å². The van der Waals surface area contributed by atoms with Gasteiger partial charge in [0.2, 0.25) is 5.88 Å². The third-order valence-electron chi connectivity index (χ3n) is 8.47. The van der Waals surface area contributed by atoms with Gasteiger partial charge in [0.25, 0.3) is 0 Å². The quantitative estimate of drug-likeness (QED) is 0.206. The highest BCUT2D eigenvalue weighted by molar-refractivity contribution is 6.38. The highest BCUT2D eigenvalue weighted by Gasteiger charge is 2.30. The molecule has 7 nitrogen and oxygen atoms in total. The van der Waals surface area contributed by atoms with Crippen molar-refractivity contribution in [3.8, 4) is 23.1 Å². The second-order valence-electron chi connectivity index (χ2n) is 11.2. The van der Waals surface area contributed by atoms with Crippen LogP contribution in [0.1, 0.15) is 51.1 Å². The molecule has 230 valence electrons. The third kappa shape index (κ3) is 6.20. The minimum atomic E-state index is -0.533. The van der Waals surface area contributed by atoms with Crippen molar-refractivity contribution in [2.45, 2.75) is 57.7 Å². The van der Waals surface area contributed by atoms with E-state index < -0.39 is 5.82 Å². The lowest BCUT2D eigenvalue weighted by atomic mass is 9.99. The van der Waals surface area contributed by atoms with Crippen LogP contribution in [0.25, 0.3) is 39.0 Å². The van der Waals surface area contributed by atoms with E-state index >= 15 is 4.39 Å². The predicted molar refractivity (Wildman–Crippen MR) is 178 cm³/mol. The largest absolute Gasteiger partial charge is 0.472 e. The zero-order valence-corrected chi connectivity index (χ0v) is 26.8. The van der Waals surface area contributed by atoms with Gasteiger partial charge < -0.3 is 10.1 Å². The van der Waals surface area contributed by atoms with Crippen LogP contribution in [0.3, 0.4) is 0 Å². The van der Waals surface area contributed by atoms with Crippen LogP contribution in [-0.2, 0) is 0 Å². The number of piperidine rings is 1. The minimum absolute atomic E-state index is 0.129. The molecule has 2 aliphatic heterocycles. The SMILES string of the molecule is C=C/C=C\c1cccc(-c2c(Cl)cc3c(nc(O[C@@H](C)C4CCCN4C)c4cnn(C5CCNCC5)c43)c2F)c1Cl.CC#N. The molecule has 1 unspecified atom stereocenters. The summed E-state index contributed by atoms with van der Waals surface area (Å²) in [5, 5.41) is 17.6. The lowest BCUT2D eigenvalue weighted by Gasteiger charge is -2.27. The fourth-order valence-electron chi connectivity index (χ4n) is 6.34. The predicted octanol–water partition coefficient (Wildman–Crippen LogP) is 8.21. The standard InChI is InChI=1S/C32H34Cl2FN5O.C2H3N/c1-4-5-8-20-9-6-10-22(28(20)34)27-25(33)17-23-30(29(27)35)38-32(41-19(2)26-11-7-16-39(26)3)24-18-37-40(31(23)24)21-12-14-36-15-13-21;1-2-3/h4-6,8-10,17-19,21,26,36H,1,7,11-16H2,2-3H3;1H3/b8-5-;/t19-,26?;/m0./s1. The summed E-state index contributed by atoms with van der Waals surface area (Å²) in [7, 11) is 2.12. The summed E-state index contributed by atoms with van der Waals surface area (Å²) in [4.78, 5) is 7.13. The summed E-state index contributed by atoms with van der Waals surface area (Å²) in [5.74, 6) is -0.142. The number of ether oxygens (including phenoxy) is 1. The molecule has 2 aromatic carbocycles. The fourth-order valence-corrected chi connectivity index (χ4v) is 6.92. The zero-order chi connectivity index (χ0) is 31.4. The van der Waals surface area contributed by atoms with Crippen molar-refractivity contribution in [3.05, 3.63) is 70.6 Å². The number of aromatic nitrogens is 3. The van der Waals surface area contributed by atoms with Crippen LogP contribution in [0, 0.1) is 17.1 Å². The third-order valence-corrected chi connectivity index (χ3v) is 9.19. The van der Waals surface area contributed by atoms with E-state index in [4.69, 9.17) is 43.3 Å². The Balaban J connectivity index is 0.00000123. The molecule has 0 amide bonds. The molecule has 0 bridgehead atoms. The molecule has 44 heavy (non-hydrogen) atoms. The molecule has 2 aromatic heterocycles. The molecule has 0 spiro atoms. The van der Waals surface area contributed by atoms with Crippen LogP contribution in [0.5, 0.6) is 5.88 Å². The number of hydrogen-bond donors (Lipinski definition) is 1. The van der Waals surface area contributed by atoms with E-state index in [0.29, 0.717) is 21.9 Å². The Bertz CT molecular complexity index is 1740. The van der Waals surface area contributed by atoms with Crippen LogP contribution >= 0.6 is 23.2 Å². The Labute approximate surface area is 267 Å². The molecule has 0 aliphatic carbocycles. The number of allylic oxidation sites excluding steroid dienone is 2. The van der Waals surface area contributed by atoms with Crippen molar-refractivity contribution in [1.82, 2.24) is 25.0 Å². The first-order valence-corrected chi connectivity index (χ1v) is 15.7. The number of pyridine rings is 1. The fraction of sp³-hybridized carbons (Fsp3) is 0.382. The molecule has 4 heterocycles. The van der Waals surface area contributed by atoms with Crippen molar-refractivity contribution < 1.29 is 9.13 Å². The van der Waals surface area contributed by atoms with Gasteiger partial charge in [-0.2, -0.15) is 10.4 Å². The normalized spacial score (nSPS) is 18.3. The minimum Gasteiger partial charge on any atom is -0.472 e. The van der Waals surface area contributed by atoms with Crippen molar-refractivity contribution in [1.29, 1.82) is 5.26 Å². The van der Waals surface area contributed by atoms with Gasteiger partial charge in [-0.15, -0.1) is 0 Å². The number of fused-ring (bicyclic) bond motifs is 3. The van der Waals surface area contributed by atoms with Crippen molar-refractivity contribution >= 4 is 51.1 Å². The second kappa shape index (κ2) is 14.1. The molecule has 10 heteroatoms. The van der Waals surface area contributed by atoms with Gasteiger partial charge in [-0.25, -0.2) is 9.37 Å². The highest BCUT2D eigenvalue weighted by atomic mass is 35.5. The Morgan fingerprint density at radius 3 is 2.66 bits per heavy atom. The first-order valence-electron chi connectivity index (χ1n) is 15.0. The Kier molecular flexibility index (Phi) is 10.2. The van der Waals surface area contributed by atoms with Crippen LogP contribution in [0.4, 0.5) is 4.39 Å². The number of nitrogens with zero attached hydrogens (tertiary/aromatic N) is 5.